The molecule has 1 aromatic heterocycles. The fourth-order valence-corrected chi connectivity index (χ4v) is 2.46. The van der Waals surface area contributed by atoms with Crippen molar-refractivity contribution in [2.24, 2.45) is 0 Å². The van der Waals surface area contributed by atoms with Crippen LogP contribution in [0.15, 0.2) is 12.1 Å². The zero-order valence-corrected chi connectivity index (χ0v) is 11.1. The Labute approximate surface area is 111 Å². The van der Waals surface area contributed by atoms with Gasteiger partial charge in [-0.25, -0.2) is 4.98 Å². The molecular formula is C14H18N2O3. The molecular weight excluding hydrogens is 244 g/mol. The number of ether oxygens (including phenoxy) is 2. The second-order valence-electron chi connectivity index (χ2n) is 4.70. The molecule has 2 aromatic rings. The molecule has 1 aromatic carbocycles. The smallest absolute Gasteiger partial charge is 0.231 e. The van der Waals surface area contributed by atoms with Crippen LogP contribution in [0.25, 0.3) is 11.0 Å². The Hall–Kier alpha value is -1.75. The molecule has 0 radical (unpaired) electrons. The summed E-state index contributed by atoms with van der Waals surface area (Å²) in [5.41, 5.74) is 1.99. The number of aliphatic hydroxyl groups is 1. The Morgan fingerprint density at radius 1 is 1.32 bits per heavy atom. The van der Waals surface area contributed by atoms with Gasteiger partial charge in [-0.1, -0.05) is 6.92 Å². The van der Waals surface area contributed by atoms with Crippen molar-refractivity contribution in [2.45, 2.75) is 32.7 Å². The summed E-state index contributed by atoms with van der Waals surface area (Å²) in [6.07, 6.45) is 2.72. The SMILES string of the molecule is CCCc1nc2cc3c(cc2n1CCCO)OCO3. The van der Waals surface area contributed by atoms with E-state index in [0.29, 0.717) is 0 Å². The molecule has 0 aliphatic carbocycles. The van der Waals surface area contributed by atoms with Crippen LogP contribution in [0.4, 0.5) is 0 Å². The van der Waals surface area contributed by atoms with Crippen LogP contribution in [-0.4, -0.2) is 28.1 Å². The number of benzene rings is 1. The average Bonchev–Trinajstić information content (AvgIpc) is 2.98. The van der Waals surface area contributed by atoms with Gasteiger partial charge in [0.15, 0.2) is 11.5 Å². The molecule has 0 atom stereocenters. The van der Waals surface area contributed by atoms with Gasteiger partial charge in [0.05, 0.1) is 11.0 Å². The van der Waals surface area contributed by atoms with Crippen molar-refractivity contribution < 1.29 is 14.6 Å². The lowest BCUT2D eigenvalue weighted by atomic mass is 10.2. The van der Waals surface area contributed by atoms with Crippen LogP contribution in [0.5, 0.6) is 11.5 Å². The number of aromatic nitrogens is 2. The Morgan fingerprint density at radius 3 is 2.84 bits per heavy atom. The molecule has 5 heteroatoms. The maximum Gasteiger partial charge on any atom is 0.231 e. The molecule has 0 bridgehead atoms. The summed E-state index contributed by atoms with van der Waals surface area (Å²) in [5, 5.41) is 9.03. The van der Waals surface area contributed by atoms with Gasteiger partial charge in [-0.15, -0.1) is 0 Å². The van der Waals surface area contributed by atoms with Crippen LogP contribution in [0.1, 0.15) is 25.6 Å². The summed E-state index contributed by atoms with van der Waals surface area (Å²) < 4.78 is 13.0. The lowest BCUT2D eigenvalue weighted by Gasteiger charge is -2.07. The van der Waals surface area contributed by atoms with Crippen LogP contribution < -0.4 is 9.47 Å². The molecule has 2 heterocycles. The second kappa shape index (κ2) is 5.09. The first kappa shape index (κ1) is 12.3. The highest BCUT2D eigenvalue weighted by atomic mass is 16.7. The molecule has 0 fully saturated rings. The van der Waals surface area contributed by atoms with Gasteiger partial charge in [0.25, 0.3) is 0 Å². The first-order chi connectivity index (χ1) is 9.33. The number of hydrogen-bond acceptors (Lipinski definition) is 4. The Bertz CT molecular complexity index is 592. The van der Waals surface area contributed by atoms with Crippen molar-refractivity contribution in [3.8, 4) is 11.5 Å². The van der Waals surface area contributed by atoms with E-state index in [1.54, 1.807) is 0 Å². The topological polar surface area (TPSA) is 56.5 Å². The van der Waals surface area contributed by atoms with Gasteiger partial charge >= 0.3 is 0 Å². The largest absolute Gasteiger partial charge is 0.454 e. The summed E-state index contributed by atoms with van der Waals surface area (Å²) >= 11 is 0. The Kier molecular flexibility index (Phi) is 3.29. The standard InChI is InChI=1S/C14H18N2O3/c1-2-4-14-15-10-7-12-13(19-9-18-12)8-11(10)16(14)5-3-6-17/h7-8,17H,2-6,9H2,1H3. The van der Waals surface area contributed by atoms with Crippen LogP contribution >= 0.6 is 0 Å². The number of hydrogen-bond donors (Lipinski definition) is 1. The zero-order chi connectivity index (χ0) is 13.2. The normalized spacial score (nSPS) is 13.4. The first-order valence-corrected chi connectivity index (χ1v) is 6.73. The predicted molar refractivity (Wildman–Crippen MR) is 71.6 cm³/mol. The van der Waals surface area contributed by atoms with Crippen LogP contribution in [0.2, 0.25) is 0 Å². The minimum absolute atomic E-state index is 0.190. The maximum absolute atomic E-state index is 9.03. The van der Waals surface area contributed by atoms with Gasteiger partial charge in [-0.05, 0) is 12.8 Å². The van der Waals surface area contributed by atoms with Gasteiger partial charge in [-0.3, -0.25) is 0 Å². The molecule has 0 spiro atoms. The van der Waals surface area contributed by atoms with E-state index in [9.17, 15) is 0 Å². The molecule has 19 heavy (non-hydrogen) atoms. The number of rotatable bonds is 5. The summed E-state index contributed by atoms with van der Waals surface area (Å²) in [4.78, 5) is 4.68. The van der Waals surface area contributed by atoms with Gasteiger partial charge in [0.1, 0.15) is 5.82 Å². The Morgan fingerprint density at radius 2 is 2.11 bits per heavy atom. The molecule has 1 aliphatic heterocycles. The van der Waals surface area contributed by atoms with E-state index in [2.05, 4.69) is 16.5 Å². The van der Waals surface area contributed by atoms with Gasteiger partial charge in [0.2, 0.25) is 6.79 Å². The third-order valence-corrected chi connectivity index (χ3v) is 3.34. The van der Waals surface area contributed by atoms with E-state index in [0.717, 1.165) is 54.2 Å². The Balaban J connectivity index is 2.09. The van der Waals surface area contributed by atoms with Crippen LogP contribution in [0, 0.1) is 0 Å². The van der Waals surface area contributed by atoms with E-state index in [1.807, 2.05) is 12.1 Å². The van der Waals surface area contributed by atoms with Crippen molar-refractivity contribution in [3.63, 3.8) is 0 Å². The van der Waals surface area contributed by atoms with E-state index >= 15 is 0 Å². The van der Waals surface area contributed by atoms with Crippen molar-refractivity contribution in [3.05, 3.63) is 18.0 Å². The van der Waals surface area contributed by atoms with Crippen molar-refractivity contribution in [1.82, 2.24) is 9.55 Å². The molecule has 3 rings (SSSR count). The molecule has 1 N–H and O–H groups in total. The third kappa shape index (κ3) is 2.14. The molecule has 0 unspecified atom stereocenters. The molecule has 1 aliphatic rings. The van der Waals surface area contributed by atoms with E-state index in [4.69, 9.17) is 14.6 Å². The second-order valence-corrected chi connectivity index (χ2v) is 4.70. The van der Waals surface area contributed by atoms with Gasteiger partial charge < -0.3 is 19.1 Å². The fraction of sp³-hybridized carbons (Fsp3) is 0.500. The number of nitrogens with zero attached hydrogens (tertiary/aromatic N) is 2. The molecule has 102 valence electrons. The van der Waals surface area contributed by atoms with Crippen molar-refractivity contribution >= 4 is 11.0 Å². The highest BCUT2D eigenvalue weighted by Gasteiger charge is 2.18. The van der Waals surface area contributed by atoms with Crippen LogP contribution in [-0.2, 0) is 13.0 Å². The summed E-state index contributed by atoms with van der Waals surface area (Å²) in [5.74, 6) is 2.61. The van der Waals surface area contributed by atoms with Crippen molar-refractivity contribution in [1.29, 1.82) is 0 Å². The summed E-state index contributed by atoms with van der Waals surface area (Å²) in [6, 6.07) is 3.92. The minimum Gasteiger partial charge on any atom is -0.454 e. The molecule has 0 saturated heterocycles. The third-order valence-electron chi connectivity index (χ3n) is 3.34. The van der Waals surface area contributed by atoms with E-state index in [-0.39, 0.29) is 13.4 Å². The number of imidazole rings is 1. The van der Waals surface area contributed by atoms with E-state index in [1.165, 1.54) is 0 Å². The van der Waals surface area contributed by atoms with Crippen molar-refractivity contribution in [2.75, 3.05) is 13.4 Å². The van der Waals surface area contributed by atoms with Gasteiger partial charge in [0, 0.05) is 31.7 Å². The monoisotopic (exact) mass is 262 g/mol. The quantitative estimate of drug-likeness (QED) is 0.896. The first-order valence-electron chi connectivity index (χ1n) is 6.73. The molecule has 5 nitrogen and oxygen atoms in total. The van der Waals surface area contributed by atoms with Crippen LogP contribution in [0.3, 0.4) is 0 Å². The molecule has 0 saturated carbocycles. The van der Waals surface area contributed by atoms with Gasteiger partial charge in [-0.2, -0.15) is 0 Å². The number of aliphatic hydroxyl groups excluding tert-OH is 1. The molecule has 0 amide bonds. The number of aryl methyl sites for hydroxylation is 2. The summed E-state index contributed by atoms with van der Waals surface area (Å²) in [7, 11) is 0. The average molecular weight is 262 g/mol. The highest BCUT2D eigenvalue weighted by Crippen LogP contribution is 2.36. The summed E-state index contributed by atoms with van der Waals surface area (Å²) in [6.45, 7) is 3.39. The van der Waals surface area contributed by atoms with E-state index < -0.39 is 0 Å². The lowest BCUT2D eigenvalue weighted by Crippen LogP contribution is -2.05. The highest BCUT2D eigenvalue weighted by molar-refractivity contribution is 5.81. The zero-order valence-electron chi connectivity index (χ0n) is 11.1. The predicted octanol–water partition coefficient (Wildman–Crippen LogP) is 2.10. The fourth-order valence-electron chi connectivity index (χ4n) is 2.46. The number of fused-ring (bicyclic) bond motifs is 2. The maximum atomic E-state index is 9.03. The minimum atomic E-state index is 0.190. The lowest BCUT2D eigenvalue weighted by molar-refractivity contribution is 0.174.